The largest absolute Gasteiger partial charge is 0.496 e. The van der Waals surface area contributed by atoms with Crippen LogP contribution in [-0.4, -0.2) is 24.6 Å². The summed E-state index contributed by atoms with van der Waals surface area (Å²) in [5, 5.41) is 12.5. The van der Waals surface area contributed by atoms with E-state index in [0.717, 1.165) is 16.8 Å². The second-order valence-corrected chi connectivity index (χ2v) is 6.50. The molecular formula is C23H28N4O3. The van der Waals surface area contributed by atoms with E-state index in [0.29, 0.717) is 40.6 Å². The first-order valence-corrected chi connectivity index (χ1v) is 9.90. The zero-order valence-corrected chi connectivity index (χ0v) is 18.3. The van der Waals surface area contributed by atoms with Crippen LogP contribution in [0.5, 0.6) is 11.6 Å². The minimum absolute atomic E-state index is 0.406. The van der Waals surface area contributed by atoms with Gasteiger partial charge >= 0.3 is 0 Å². The monoisotopic (exact) mass is 408 g/mol. The van der Waals surface area contributed by atoms with Gasteiger partial charge < -0.3 is 20.5 Å². The van der Waals surface area contributed by atoms with Gasteiger partial charge in [-0.1, -0.05) is 19.9 Å². The molecule has 1 aliphatic heterocycles. The number of nitriles is 1. The summed E-state index contributed by atoms with van der Waals surface area (Å²) >= 11 is 0. The summed E-state index contributed by atoms with van der Waals surface area (Å²) in [5.41, 5.74) is 10.5. The Balaban J connectivity index is 0.00000155. The number of amides is 1. The van der Waals surface area contributed by atoms with Crippen molar-refractivity contribution >= 4 is 11.6 Å². The maximum absolute atomic E-state index is 12.4. The van der Waals surface area contributed by atoms with Crippen molar-refractivity contribution in [2.75, 3.05) is 19.0 Å². The third-order valence-electron chi connectivity index (χ3n) is 4.78. The van der Waals surface area contributed by atoms with Gasteiger partial charge in [0.25, 0.3) is 0 Å². The third-order valence-corrected chi connectivity index (χ3v) is 4.78. The number of ether oxygens (including phenoxy) is 2. The quantitative estimate of drug-likeness (QED) is 0.773. The van der Waals surface area contributed by atoms with Crippen molar-refractivity contribution in [3.8, 4) is 17.7 Å². The number of primary amides is 1. The lowest BCUT2D eigenvalue weighted by Gasteiger charge is -2.32. The van der Waals surface area contributed by atoms with E-state index in [1.165, 1.54) is 7.11 Å². The molecule has 0 saturated heterocycles. The van der Waals surface area contributed by atoms with Crippen molar-refractivity contribution in [1.29, 1.82) is 5.26 Å². The number of aryl methyl sites for hydroxylation is 1. The first-order chi connectivity index (χ1) is 14.4. The molecule has 0 spiro atoms. The smallest absolute Gasteiger partial charge is 0.247 e. The molecule has 0 bridgehead atoms. The van der Waals surface area contributed by atoms with Crippen LogP contribution in [0.25, 0.3) is 0 Å². The molecule has 0 radical (unpaired) electrons. The van der Waals surface area contributed by atoms with E-state index in [2.05, 4.69) is 16.4 Å². The van der Waals surface area contributed by atoms with Gasteiger partial charge in [-0.3, -0.25) is 4.79 Å². The first kappa shape index (κ1) is 22.8. The standard InChI is InChI=1S/C21H22N4O3.C2H6/c1-5-28-21-18-17(14-7-6-13(9-22)8-15(14)27-4)16(20(23)26)12(3)25-19(18)11(2)10-24-21;1-2/h6-8,10,17,25H,5H2,1-4H3,(H2,23,26);1-2H3. The number of aromatic nitrogens is 1. The van der Waals surface area contributed by atoms with E-state index >= 15 is 0 Å². The Morgan fingerprint density at radius 1 is 1.33 bits per heavy atom. The summed E-state index contributed by atoms with van der Waals surface area (Å²) < 4.78 is 11.3. The highest BCUT2D eigenvalue weighted by molar-refractivity contribution is 5.98. The average Bonchev–Trinajstić information content (AvgIpc) is 2.75. The van der Waals surface area contributed by atoms with Crippen LogP contribution >= 0.6 is 0 Å². The zero-order chi connectivity index (χ0) is 22.4. The van der Waals surface area contributed by atoms with E-state index in [1.807, 2.05) is 34.6 Å². The molecule has 2 aromatic rings. The van der Waals surface area contributed by atoms with Crippen LogP contribution in [0.15, 0.2) is 35.7 Å². The lowest BCUT2D eigenvalue weighted by Crippen LogP contribution is -2.28. The van der Waals surface area contributed by atoms with Crippen molar-refractivity contribution < 1.29 is 14.3 Å². The predicted octanol–water partition coefficient (Wildman–Crippen LogP) is 4.01. The van der Waals surface area contributed by atoms with Crippen LogP contribution in [-0.2, 0) is 4.79 Å². The van der Waals surface area contributed by atoms with Gasteiger partial charge in [0.05, 0.1) is 42.5 Å². The van der Waals surface area contributed by atoms with Crippen LogP contribution < -0.4 is 20.5 Å². The molecule has 1 aliphatic rings. The number of nitrogens with one attached hydrogen (secondary N) is 1. The maximum atomic E-state index is 12.4. The molecule has 158 valence electrons. The topological polar surface area (TPSA) is 110 Å². The van der Waals surface area contributed by atoms with E-state index in [1.54, 1.807) is 24.4 Å². The Morgan fingerprint density at radius 3 is 2.60 bits per heavy atom. The minimum atomic E-state index is -0.545. The average molecular weight is 409 g/mol. The third kappa shape index (κ3) is 4.08. The number of carbonyl (C=O) groups excluding carboxylic acids is 1. The number of benzene rings is 1. The van der Waals surface area contributed by atoms with Crippen molar-refractivity contribution in [1.82, 2.24) is 4.98 Å². The lowest BCUT2D eigenvalue weighted by molar-refractivity contribution is -0.114. The van der Waals surface area contributed by atoms with Crippen LogP contribution in [0.1, 0.15) is 55.9 Å². The summed E-state index contributed by atoms with van der Waals surface area (Å²) in [6, 6.07) is 7.22. The molecule has 2 heterocycles. The zero-order valence-electron chi connectivity index (χ0n) is 18.3. The van der Waals surface area contributed by atoms with Gasteiger partial charge in [-0.15, -0.1) is 0 Å². The summed E-state index contributed by atoms with van der Waals surface area (Å²) in [6.45, 7) is 10.0. The van der Waals surface area contributed by atoms with Crippen molar-refractivity contribution in [3.05, 3.63) is 57.9 Å². The highest BCUT2D eigenvalue weighted by atomic mass is 16.5. The number of carbonyl (C=O) groups is 1. The highest BCUT2D eigenvalue weighted by Gasteiger charge is 2.36. The van der Waals surface area contributed by atoms with Gasteiger partial charge in [-0.25, -0.2) is 4.98 Å². The number of methoxy groups -OCH3 is 1. The minimum Gasteiger partial charge on any atom is -0.496 e. The second-order valence-electron chi connectivity index (χ2n) is 6.50. The molecule has 1 aromatic heterocycles. The van der Waals surface area contributed by atoms with Crippen molar-refractivity contribution in [3.63, 3.8) is 0 Å². The fourth-order valence-corrected chi connectivity index (χ4v) is 3.57. The number of nitrogens with zero attached hydrogens (tertiary/aromatic N) is 2. The van der Waals surface area contributed by atoms with Gasteiger partial charge in [0.1, 0.15) is 5.75 Å². The summed E-state index contributed by atoms with van der Waals surface area (Å²) in [7, 11) is 1.53. The normalized spacial score (nSPS) is 14.5. The Bertz CT molecular complexity index is 1020. The maximum Gasteiger partial charge on any atom is 0.247 e. The van der Waals surface area contributed by atoms with E-state index in [4.69, 9.17) is 15.2 Å². The van der Waals surface area contributed by atoms with E-state index in [-0.39, 0.29) is 0 Å². The molecular weight excluding hydrogens is 380 g/mol. The lowest BCUT2D eigenvalue weighted by atomic mass is 9.79. The molecule has 0 aliphatic carbocycles. The predicted molar refractivity (Wildman–Crippen MR) is 117 cm³/mol. The summed E-state index contributed by atoms with van der Waals surface area (Å²) in [5.74, 6) is -0.160. The molecule has 1 amide bonds. The van der Waals surface area contributed by atoms with Gasteiger partial charge in [-0.05, 0) is 38.5 Å². The molecule has 1 unspecified atom stereocenters. The Labute approximate surface area is 177 Å². The Kier molecular flexibility index (Phi) is 7.43. The molecule has 0 fully saturated rings. The van der Waals surface area contributed by atoms with Crippen molar-refractivity contribution in [2.45, 2.75) is 40.5 Å². The number of fused-ring (bicyclic) bond motifs is 1. The van der Waals surface area contributed by atoms with Gasteiger partial charge in [0.15, 0.2) is 0 Å². The van der Waals surface area contributed by atoms with Crippen molar-refractivity contribution in [2.24, 2.45) is 5.73 Å². The number of hydrogen-bond donors (Lipinski definition) is 2. The molecule has 7 nitrogen and oxygen atoms in total. The highest BCUT2D eigenvalue weighted by Crippen LogP contribution is 2.48. The van der Waals surface area contributed by atoms with E-state index in [9.17, 15) is 10.1 Å². The number of allylic oxidation sites excluding steroid dienone is 1. The Morgan fingerprint density at radius 2 is 2.03 bits per heavy atom. The Hall–Kier alpha value is -3.53. The molecule has 1 atom stereocenters. The van der Waals surface area contributed by atoms with Crippen LogP contribution in [0.2, 0.25) is 0 Å². The number of rotatable bonds is 5. The number of anilines is 1. The van der Waals surface area contributed by atoms with Gasteiger partial charge in [-0.2, -0.15) is 5.26 Å². The molecule has 7 heteroatoms. The fraction of sp³-hybridized carbons (Fsp3) is 0.348. The van der Waals surface area contributed by atoms with Crippen LogP contribution in [0.3, 0.4) is 0 Å². The van der Waals surface area contributed by atoms with Crippen LogP contribution in [0, 0.1) is 18.3 Å². The van der Waals surface area contributed by atoms with E-state index < -0.39 is 11.8 Å². The summed E-state index contributed by atoms with van der Waals surface area (Å²) in [6.07, 6.45) is 1.73. The summed E-state index contributed by atoms with van der Waals surface area (Å²) in [4.78, 5) is 16.8. The number of nitrogens with two attached hydrogens (primary N) is 1. The molecule has 3 rings (SSSR count). The van der Waals surface area contributed by atoms with Gasteiger partial charge in [0.2, 0.25) is 11.8 Å². The van der Waals surface area contributed by atoms with Crippen LogP contribution in [0.4, 0.5) is 5.69 Å². The van der Waals surface area contributed by atoms with Gasteiger partial charge in [0, 0.05) is 23.0 Å². The molecule has 0 saturated carbocycles. The molecule has 30 heavy (non-hydrogen) atoms. The molecule has 1 aromatic carbocycles. The number of hydrogen-bond acceptors (Lipinski definition) is 6. The second kappa shape index (κ2) is 9.79. The molecule has 3 N–H and O–H groups in total. The number of pyridine rings is 1. The first-order valence-electron chi connectivity index (χ1n) is 9.90. The SMILES string of the molecule is CC.CCOc1ncc(C)c2c1C(c1ccc(C#N)cc1OC)C(C(N)=O)=C(C)N2. The fourth-order valence-electron chi connectivity index (χ4n) is 3.57.